The molecule has 88 valence electrons. The highest BCUT2D eigenvalue weighted by Crippen LogP contribution is 2.36. The summed E-state index contributed by atoms with van der Waals surface area (Å²) < 4.78 is 0. The zero-order chi connectivity index (χ0) is 12.3. The number of nitrogens with one attached hydrogen (secondary N) is 1. The average molecular weight is 246 g/mol. The van der Waals surface area contributed by atoms with E-state index in [9.17, 15) is 10.1 Å². The second-order valence-electron chi connectivity index (χ2n) is 4.07. The molecular weight excluding hydrogens is 232 g/mol. The van der Waals surface area contributed by atoms with Crippen LogP contribution in [0.5, 0.6) is 0 Å². The molecule has 1 aromatic rings. The number of hydrogen-bond acceptors (Lipinski definition) is 3. The molecule has 0 radical (unpaired) electrons. The number of thiophene rings is 1. The van der Waals surface area contributed by atoms with Crippen LogP contribution in [0.4, 0.5) is 5.00 Å². The van der Waals surface area contributed by atoms with Crippen LogP contribution in [-0.4, -0.2) is 5.91 Å². The van der Waals surface area contributed by atoms with Gasteiger partial charge in [-0.1, -0.05) is 13.0 Å². The second-order valence-corrected chi connectivity index (χ2v) is 5.18. The van der Waals surface area contributed by atoms with Crippen molar-refractivity contribution in [2.24, 2.45) is 0 Å². The van der Waals surface area contributed by atoms with Gasteiger partial charge >= 0.3 is 0 Å². The molecule has 0 bridgehead atoms. The van der Waals surface area contributed by atoms with Gasteiger partial charge in [-0.15, -0.1) is 11.3 Å². The molecule has 1 N–H and O–H groups in total. The molecule has 1 amide bonds. The predicted molar refractivity (Wildman–Crippen MR) is 69.1 cm³/mol. The fourth-order valence-corrected chi connectivity index (χ4v) is 3.35. The van der Waals surface area contributed by atoms with Gasteiger partial charge in [0.05, 0.1) is 5.56 Å². The molecule has 1 aliphatic rings. The molecule has 4 heteroatoms. The lowest BCUT2D eigenvalue weighted by atomic mass is 10.1. The SMILES string of the molecule is C=CC(=O)Nc1sc2c(c1C#N)CCCCC2. The van der Waals surface area contributed by atoms with E-state index in [1.165, 1.54) is 23.8 Å². The molecule has 0 aromatic carbocycles. The fourth-order valence-electron chi connectivity index (χ4n) is 2.11. The number of aryl methyl sites for hydroxylation is 1. The Balaban J connectivity index is 2.37. The Morgan fingerprint density at radius 1 is 1.41 bits per heavy atom. The third kappa shape index (κ3) is 2.40. The molecule has 2 rings (SSSR count). The summed E-state index contributed by atoms with van der Waals surface area (Å²) in [5.74, 6) is -0.252. The van der Waals surface area contributed by atoms with E-state index in [0.717, 1.165) is 24.8 Å². The van der Waals surface area contributed by atoms with Crippen molar-refractivity contribution < 1.29 is 4.79 Å². The van der Waals surface area contributed by atoms with Crippen LogP contribution in [0, 0.1) is 11.3 Å². The van der Waals surface area contributed by atoms with Crippen molar-refractivity contribution in [1.29, 1.82) is 5.26 Å². The third-order valence-electron chi connectivity index (χ3n) is 2.96. The maximum absolute atomic E-state index is 11.3. The van der Waals surface area contributed by atoms with Crippen LogP contribution >= 0.6 is 11.3 Å². The largest absolute Gasteiger partial charge is 0.313 e. The fraction of sp³-hybridized carbons (Fsp3) is 0.385. The lowest BCUT2D eigenvalue weighted by Crippen LogP contribution is -2.07. The number of rotatable bonds is 2. The van der Waals surface area contributed by atoms with Gasteiger partial charge in [-0.25, -0.2) is 0 Å². The summed E-state index contributed by atoms with van der Waals surface area (Å²) in [5, 5.41) is 12.6. The summed E-state index contributed by atoms with van der Waals surface area (Å²) in [7, 11) is 0. The molecule has 0 saturated carbocycles. The van der Waals surface area contributed by atoms with Crippen molar-refractivity contribution in [2.45, 2.75) is 32.1 Å². The van der Waals surface area contributed by atoms with Crippen molar-refractivity contribution in [3.8, 4) is 6.07 Å². The molecule has 0 aliphatic heterocycles. The van der Waals surface area contributed by atoms with Crippen LogP contribution in [0.25, 0.3) is 0 Å². The Hall–Kier alpha value is -1.60. The standard InChI is InChI=1S/C13H14N2OS/c1-2-12(16)15-13-10(8-14)9-6-4-3-5-7-11(9)17-13/h2H,1,3-7H2,(H,15,16). The van der Waals surface area contributed by atoms with Gasteiger partial charge in [0.15, 0.2) is 0 Å². The summed E-state index contributed by atoms with van der Waals surface area (Å²) in [4.78, 5) is 12.6. The van der Waals surface area contributed by atoms with E-state index in [-0.39, 0.29) is 5.91 Å². The molecule has 0 unspecified atom stereocenters. The van der Waals surface area contributed by atoms with E-state index >= 15 is 0 Å². The quantitative estimate of drug-likeness (QED) is 0.644. The van der Waals surface area contributed by atoms with Gasteiger partial charge < -0.3 is 5.32 Å². The summed E-state index contributed by atoms with van der Waals surface area (Å²) in [6.45, 7) is 3.42. The first-order valence-electron chi connectivity index (χ1n) is 5.74. The van der Waals surface area contributed by atoms with Crippen molar-refractivity contribution in [3.05, 3.63) is 28.7 Å². The van der Waals surface area contributed by atoms with Gasteiger partial charge in [-0.3, -0.25) is 4.79 Å². The van der Waals surface area contributed by atoms with Crippen molar-refractivity contribution in [3.63, 3.8) is 0 Å². The van der Waals surface area contributed by atoms with Crippen molar-refractivity contribution >= 4 is 22.2 Å². The summed E-state index contributed by atoms with van der Waals surface area (Å²) >= 11 is 1.54. The molecule has 1 aromatic heterocycles. The zero-order valence-corrected chi connectivity index (χ0v) is 10.4. The molecule has 0 fully saturated rings. The minimum atomic E-state index is -0.252. The molecule has 17 heavy (non-hydrogen) atoms. The molecule has 3 nitrogen and oxygen atoms in total. The van der Waals surface area contributed by atoms with E-state index in [1.807, 2.05) is 0 Å². The monoisotopic (exact) mass is 246 g/mol. The van der Waals surface area contributed by atoms with Crippen LogP contribution < -0.4 is 5.32 Å². The van der Waals surface area contributed by atoms with Crippen LogP contribution in [0.2, 0.25) is 0 Å². The van der Waals surface area contributed by atoms with E-state index in [2.05, 4.69) is 18.0 Å². The van der Waals surface area contributed by atoms with Gasteiger partial charge in [0.2, 0.25) is 5.91 Å². The van der Waals surface area contributed by atoms with Crippen LogP contribution in [0.3, 0.4) is 0 Å². The van der Waals surface area contributed by atoms with E-state index in [1.54, 1.807) is 11.3 Å². The first kappa shape index (κ1) is 11.9. The van der Waals surface area contributed by atoms with E-state index in [0.29, 0.717) is 10.6 Å². The highest BCUT2D eigenvalue weighted by molar-refractivity contribution is 7.16. The number of nitriles is 1. The van der Waals surface area contributed by atoms with Gasteiger partial charge in [-0.2, -0.15) is 5.26 Å². The maximum Gasteiger partial charge on any atom is 0.248 e. The highest BCUT2D eigenvalue weighted by Gasteiger charge is 2.20. The Morgan fingerprint density at radius 2 is 2.18 bits per heavy atom. The second kappa shape index (κ2) is 5.15. The van der Waals surface area contributed by atoms with E-state index in [4.69, 9.17) is 0 Å². The van der Waals surface area contributed by atoms with Crippen LogP contribution in [0.1, 0.15) is 35.3 Å². The average Bonchev–Trinajstić information content (AvgIpc) is 2.50. The van der Waals surface area contributed by atoms with Gasteiger partial charge in [0.25, 0.3) is 0 Å². The number of hydrogen-bond donors (Lipinski definition) is 1. The molecule has 1 heterocycles. The Morgan fingerprint density at radius 3 is 2.88 bits per heavy atom. The maximum atomic E-state index is 11.3. The highest BCUT2D eigenvalue weighted by atomic mass is 32.1. The number of anilines is 1. The minimum absolute atomic E-state index is 0.252. The number of carbonyl (C=O) groups excluding carboxylic acids is 1. The number of fused-ring (bicyclic) bond motifs is 1. The number of nitrogens with zero attached hydrogens (tertiary/aromatic N) is 1. The summed E-state index contributed by atoms with van der Waals surface area (Å²) in [6.07, 6.45) is 6.74. The minimum Gasteiger partial charge on any atom is -0.313 e. The molecule has 1 aliphatic carbocycles. The first-order chi connectivity index (χ1) is 8.26. The summed E-state index contributed by atoms with van der Waals surface area (Å²) in [6, 6.07) is 2.22. The Labute approximate surface area is 105 Å². The van der Waals surface area contributed by atoms with Gasteiger partial charge in [0, 0.05) is 4.88 Å². The molecule has 0 saturated heterocycles. The zero-order valence-electron chi connectivity index (χ0n) is 9.58. The predicted octanol–water partition coefficient (Wildman–Crippen LogP) is 3.01. The molecule has 0 atom stereocenters. The van der Waals surface area contributed by atoms with Crippen molar-refractivity contribution in [1.82, 2.24) is 0 Å². The van der Waals surface area contributed by atoms with Crippen LogP contribution in [0.15, 0.2) is 12.7 Å². The molecule has 0 spiro atoms. The first-order valence-corrected chi connectivity index (χ1v) is 6.56. The number of carbonyl (C=O) groups is 1. The Bertz CT molecular complexity index is 496. The normalized spacial score (nSPS) is 14.3. The van der Waals surface area contributed by atoms with Crippen molar-refractivity contribution in [2.75, 3.05) is 5.32 Å². The lowest BCUT2D eigenvalue weighted by Gasteiger charge is -2.00. The smallest absolute Gasteiger partial charge is 0.248 e. The van der Waals surface area contributed by atoms with Gasteiger partial charge in [0.1, 0.15) is 11.1 Å². The van der Waals surface area contributed by atoms with Crippen LogP contribution in [-0.2, 0) is 17.6 Å². The lowest BCUT2D eigenvalue weighted by molar-refractivity contribution is -0.111. The molecular formula is C13H14N2OS. The topological polar surface area (TPSA) is 52.9 Å². The van der Waals surface area contributed by atoms with E-state index < -0.39 is 0 Å². The summed E-state index contributed by atoms with van der Waals surface area (Å²) in [5.41, 5.74) is 1.80. The third-order valence-corrected chi connectivity index (χ3v) is 4.16. The van der Waals surface area contributed by atoms with Gasteiger partial charge in [-0.05, 0) is 37.3 Å². The number of amides is 1. The Kier molecular flexibility index (Phi) is 3.60.